The van der Waals surface area contributed by atoms with E-state index in [9.17, 15) is 4.79 Å². The van der Waals surface area contributed by atoms with Crippen LogP contribution < -0.4 is 4.90 Å². The summed E-state index contributed by atoms with van der Waals surface area (Å²) in [6.07, 6.45) is 2.48. The number of anilines is 1. The van der Waals surface area contributed by atoms with Crippen LogP contribution in [0.2, 0.25) is 0 Å². The fraction of sp³-hybridized carbons (Fsp3) is 0.455. The second kappa shape index (κ2) is 4.94. The molecule has 1 aliphatic heterocycles. The van der Waals surface area contributed by atoms with Gasteiger partial charge in [0.15, 0.2) is 0 Å². The lowest BCUT2D eigenvalue weighted by Gasteiger charge is -2.20. The van der Waals surface area contributed by atoms with Gasteiger partial charge in [0.25, 0.3) is 0 Å². The number of nitrogens with zero attached hydrogens (tertiary/aromatic N) is 2. The van der Waals surface area contributed by atoms with Gasteiger partial charge in [-0.2, -0.15) is 0 Å². The Balaban J connectivity index is 2.18. The van der Waals surface area contributed by atoms with Crippen molar-refractivity contribution in [3.8, 4) is 0 Å². The van der Waals surface area contributed by atoms with Gasteiger partial charge in [0.2, 0.25) is 0 Å². The Kier molecular flexibility index (Phi) is 3.36. The maximum Gasteiger partial charge on any atom is 0.335 e. The van der Waals surface area contributed by atoms with Crippen molar-refractivity contribution in [2.45, 2.75) is 6.42 Å². The van der Waals surface area contributed by atoms with Crippen molar-refractivity contribution in [3.05, 3.63) is 23.9 Å². The van der Waals surface area contributed by atoms with Gasteiger partial charge in [-0.05, 0) is 18.6 Å². The molecule has 86 valence electrons. The molecule has 2 rings (SSSR count). The Morgan fingerprint density at radius 3 is 3.12 bits per heavy atom. The molecule has 1 aromatic rings. The third-order valence-electron chi connectivity index (χ3n) is 2.54. The first-order valence-electron chi connectivity index (χ1n) is 5.29. The molecule has 5 nitrogen and oxygen atoms in total. The summed E-state index contributed by atoms with van der Waals surface area (Å²) in [7, 11) is 0. The fourth-order valence-corrected chi connectivity index (χ4v) is 1.70. The molecule has 1 aliphatic rings. The molecule has 0 bridgehead atoms. The fourth-order valence-electron chi connectivity index (χ4n) is 1.70. The highest BCUT2D eigenvalue weighted by molar-refractivity contribution is 5.88. The number of carbonyl (C=O) groups is 1. The van der Waals surface area contributed by atoms with Crippen LogP contribution >= 0.6 is 0 Å². The first-order valence-corrected chi connectivity index (χ1v) is 5.29. The average Bonchev–Trinajstić information content (AvgIpc) is 2.57. The van der Waals surface area contributed by atoms with Crippen LogP contribution in [-0.4, -0.2) is 42.4 Å². The van der Waals surface area contributed by atoms with Crippen LogP contribution in [0.4, 0.5) is 5.82 Å². The number of aromatic nitrogens is 1. The molecule has 0 aromatic carbocycles. The molecule has 1 saturated heterocycles. The van der Waals surface area contributed by atoms with Crippen LogP contribution in [-0.2, 0) is 4.74 Å². The smallest absolute Gasteiger partial charge is 0.335 e. The van der Waals surface area contributed by atoms with E-state index in [0.717, 1.165) is 26.1 Å². The van der Waals surface area contributed by atoms with E-state index in [-0.39, 0.29) is 5.56 Å². The average molecular weight is 222 g/mol. The van der Waals surface area contributed by atoms with Crippen molar-refractivity contribution in [3.63, 3.8) is 0 Å². The van der Waals surface area contributed by atoms with Gasteiger partial charge in [-0.15, -0.1) is 0 Å². The lowest BCUT2D eigenvalue weighted by atomic mass is 10.2. The molecule has 0 unspecified atom stereocenters. The van der Waals surface area contributed by atoms with Gasteiger partial charge in [0, 0.05) is 25.9 Å². The number of hydrogen-bond donors (Lipinski definition) is 1. The number of ether oxygens (including phenoxy) is 1. The third-order valence-corrected chi connectivity index (χ3v) is 2.54. The maximum absolute atomic E-state index is 10.8. The Hall–Kier alpha value is -1.62. The van der Waals surface area contributed by atoms with E-state index in [4.69, 9.17) is 9.84 Å². The number of aromatic carboxylic acids is 1. The van der Waals surface area contributed by atoms with Crippen molar-refractivity contribution in [2.75, 3.05) is 31.2 Å². The Morgan fingerprint density at radius 1 is 1.44 bits per heavy atom. The summed E-state index contributed by atoms with van der Waals surface area (Å²) in [6, 6.07) is 3.10. The van der Waals surface area contributed by atoms with Gasteiger partial charge in [-0.25, -0.2) is 9.78 Å². The van der Waals surface area contributed by atoms with E-state index >= 15 is 0 Å². The third kappa shape index (κ3) is 2.49. The van der Waals surface area contributed by atoms with E-state index in [0.29, 0.717) is 12.4 Å². The quantitative estimate of drug-likeness (QED) is 0.809. The normalized spacial score (nSPS) is 16.9. The minimum absolute atomic E-state index is 0.273. The van der Waals surface area contributed by atoms with Gasteiger partial charge in [0.05, 0.1) is 12.2 Å². The van der Waals surface area contributed by atoms with Gasteiger partial charge < -0.3 is 14.7 Å². The lowest BCUT2D eigenvalue weighted by Crippen LogP contribution is -2.26. The van der Waals surface area contributed by atoms with Crippen LogP contribution in [0.15, 0.2) is 18.3 Å². The van der Waals surface area contributed by atoms with Crippen LogP contribution in [0.3, 0.4) is 0 Å². The second-order valence-electron chi connectivity index (χ2n) is 3.66. The van der Waals surface area contributed by atoms with Gasteiger partial charge in [-0.1, -0.05) is 0 Å². The maximum atomic E-state index is 10.8. The molecule has 16 heavy (non-hydrogen) atoms. The first kappa shape index (κ1) is 10.9. The molecule has 0 radical (unpaired) electrons. The summed E-state index contributed by atoms with van der Waals surface area (Å²) in [5.74, 6) is -0.208. The van der Waals surface area contributed by atoms with Crippen LogP contribution in [0.5, 0.6) is 0 Å². The standard InChI is InChI=1S/C11H14N2O3/c14-11(15)9-2-3-12-10(8-9)13-4-1-6-16-7-5-13/h2-3,8H,1,4-7H2,(H,14,15). The minimum Gasteiger partial charge on any atom is -0.478 e. The molecule has 2 heterocycles. The largest absolute Gasteiger partial charge is 0.478 e. The molecule has 0 aliphatic carbocycles. The lowest BCUT2D eigenvalue weighted by molar-refractivity contribution is 0.0697. The zero-order valence-electron chi connectivity index (χ0n) is 8.93. The molecular formula is C11H14N2O3. The van der Waals surface area contributed by atoms with Crippen molar-refractivity contribution in [2.24, 2.45) is 0 Å². The predicted octanol–water partition coefficient (Wildman–Crippen LogP) is 1.01. The van der Waals surface area contributed by atoms with E-state index in [1.165, 1.54) is 12.3 Å². The van der Waals surface area contributed by atoms with Crippen molar-refractivity contribution in [1.82, 2.24) is 4.98 Å². The minimum atomic E-state index is -0.922. The second-order valence-corrected chi connectivity index (χ2v) is 3.66. The summed E-state index contributed by atoms with van der Waals surface area (Å²) in [4.78, 5) is 17.1. The van der Waals surface area contributed by atoms with E-state index in [1.54, 1.807) is 6.07 Å². The summed E-state index contributed by atoms with van der Waals surface area (Å²) >= 11 is 0. The number of carboxylic acid groups (broad SMARTS) is 1. The molecule has 0 amide bonds. The molecular weight excluding hydrogens is 208 g/mol. The Labute approximate surface area is 93.7 Å². The molecule has 5 heteroatoms. The Morgan fingerprint density at radius 2 is 2.31 bits per heavy atom. The van der Waals surface area contributed by atoms with Crippen LogP contribution in [0.1, 0.15) is 16.8 Å². The monoisotopic (exact) mass is 222 g/mol. The van der Waals surface area contributed by atoms with E-state index in [2.05, 4.69) is 9.88 Å². The molecule has 0 spiro atoms. The molecule has 0 atom stereocenters. The Bertz CT molecular complexity index is 373. The zero-order valence-corrected chi connectivity index (χ0v) is 8.93. The van der Waals surface area contributed by atoms with Gasteiger partial charge in [-0.3, -0.25) is 0 Å². The van der Waals surface area contributed by atoms with Crippen LogP contribution in [0, 0.1) is 0 Å². The summed E-state index contributed by atoms with van der Waals surface area (Å²) in [6.45, 7) is 3.04. The van der Waals surface area contributed by atoms with Crippen molar-refractivity contribution >= 4 is 11.8 Å². The van der Waals surface area contributed by atoms with Gasteiger partial charge in [0.1, 0.15) is 5.82 Å². The molecule has 1 N–H and O–H groups in total. The van der Waals surface area contributed by atoms with E-state index < -0.39 is 5.97 Å². The highest BCUT2D eigenvalue weighted by atomic mass is 16.5. The first-order chi connectivity index (χ1) is 7.77. The van der Waals surface area contributed by atoms with E-state index in [1.807, 2.05) is 0 Å². The highest BCUT2D eigenvalue weighted by Gasteiger charge is 2.12. The molecule has 1 fully saturated rings. The summed E-state index contributed by atoms with van der Waals surface area (Å²) in [5, 5.41) is 8.89. The van der Waals surface area contributed by atoms with Gasteiger partial charge >= 0.3 is 5.97 Å². The number of rotatable bonds is 2. The topological polar surface area (TPSA) is 62.7 Å². The van der Waals surface area contributed by atoms with Crippen molar-refractivity contribution < 1.29 is 14.6 Å². The zero-order chi connectivity index (χ0) is 11.4. The summed E-state index contributed by atoms with van der Waals surface area (Å²) < 4.78 is 5.34. The summed E-state index contributed by atoms with van der Waals surface area (Å²) in [5.41, 5.74) is 0.273. The molecule has 1 aromatic heterocycles. The van der Waals surface area contributed by atoms with Crippen LogP contribution in [0.25, 0.3) is 0 Å². The SMILES string of the molecule is O=C(O)c1ccnc(N2CCCOCC2)c1. The van der Waals surface area contributed by atoms with Crippen molar-refractivity contribution in [1.29, 1.82) is 0 Å². The molecule has 0 saturated carbocycles. The highest BCUT2D eigenvalue weighted by Crippen LogP contribution is 2.14. The predicted molar refractivity (Wildman–Crippen MR) is 58.8 cm³/mol. The number of carboxylic acids is 1. The number of pyridine rings is 1. The number of hydrogen-bond acceptors (Lipinski definition) is 4.